The van der Waals surface area contributed by atoms with Crippen molar-refractivity contribution in [1.82, 2.24) is 14.5 Å². The summed E-state index contributed by atoms with van der Waals surface area (Å²) >= 11 is 1.43. The third kappa shape index (κ3) is 3.17. The minimum atomic E-state index is -0.224. The summed E-state index contributed by atoms with van der Waals surface area (Å²) in [7, 11) is 0. The van der Waals surface area contributed by atoms with E-state index in [1.54, 1.807) is 18.3 Å². The van der Waals surface area contributed by atoms with Crippen molar-refractivity contribution in [1.29, 1.82) is 0 Å². The number of halogens is 1. The van der Waals surface area contributed by atoms with Gasteiger partial charge in [-0.1, -0.05) is 12.1 Å². The van der Waals surface area contributed by atoms with Gasteiger partial charge in [0.05, 0.1) is 11.4 Å². The zero-order valence-corrected chi connectivity index (χ0v) is 16.5. The van der Waals surface area contributed by atoms with Crippen LogP contribution in [0.25, 0.3) is 15.9 Å². The number of carbonyl (C=O) groups excluding carboxylic acids is 1. The van der Waals surface area contributed by atoms with Crippen LogP contribution < -0.4 is 4.90 Å². The molecule has 1 amide bonds. The quantitative estimate of drug-likeness (QED) is 0.512. The highest BCUT2D eigenvalue weighted by Crippen LogP contribution is 2.34. The first-order valence-electron chi connectivity index (χ1n) is 9.52. The average Bonchev–Trinajstić information content (AvgIpc) is 3.41. The predicted octanol–water partition coefficient (Wildman–Crippen LogP) is 4.19. The van der Waals surface area contributed by atoms with Crippen LogP contribution in [0.2, 0.25) is 0 Å². The number of anilines is 1. The van der Waals surface area contributed by atoms with Gasteiger partial charge in [-0.15, -0.1) is 11.3 Å². The number of amides is 1. The van der Waals surface area contributed by atoms with E-state index in [4.69, 9.17) is 0 Å². The van der Waals surface area contributed by atoms with Crippen LogP contribution in [0.15, 0.2) is 67.1 Å². The zero-order valence-electron chi connectivity index (χ0n) is 15.7. The van der Waals surface area contributed by atoms with E-state index in [9.17, 15) is 9.18 Å². The topological polar surface area (TPSA) is 41.4 Å². The molecule has 0 aliphatic carbocycles. The van der Waals surface area contributed by atoms with Gasteiger partial charge in [0, 0.05) is 50.2 Å². The van der Waals surface area contributed by atoms with E-state index in [2.05, 4.69) is 4.98 Å². The number of benzene rings is 1. The third-order valence-corrected chi connectivity index (χ3v) is 6.35. The highest BCUT2D eigenvalue weighted by molar-refractivity contribution is 7.21. The number of thiophene rings is 1. The molecule has 1 aliphatic heterocycles. The number of nitrogens with zero attached hydrogens (tertiary/aromatic N) is 4. The Kier molecular flexibility index (Phi) is 4.52. The van der Waals surface area contributed by atoms with E-state index < -0.39 is 0 Å². The molecule has 0 radical (unpaired) electrons. The van der Waals surface area contributed by atoms with Crippen LogP contribution in [0, 0.1) is 5.82 Å². The van der Waals surface area contributed by atoms with Gasteiger partial charge < -0.3 is 14.4 Å². The number of fused-ring (bicyclic) bond motifs is 1. The molecule has 0 saturated carbocycles. The summed E-state index contributed by atoms with van der Waals surface area (Å²) in [5, 5.41) is 0.974. The summed E-state index contributed by atoms with van der Waals surface area (Å²) in [5.74, 6) is -0.220. The Bertz CT molecular complexity index is 1160. The maximum Gasteiger partial charge on any atom is 0.266 e. The van der Waals surface area contributed by atoms with Crippen LogP contribution >= 0.6 is 11.3 Å². The lowest BCUT2D eigenvalue weighted by Gasteiger charge is -2.36. The molecule has 0 bridgehead atoms. The molecule has 5 nitrogen and oxygen atoms in total. The van der Waals surface area contributed by atoms with E-state index in [0.717, 1.165) is 15.9 Å². The molecule has 4 aromatic rings. The SMILES string of the molecule is O=C(c1sc2ncccc2c1-n1cccc1)N1CCN(c2ccccc2F)CC1. The van der Waals surface area contributed by atoms with E-state index in [-0.39, 0.29) is 11.7 Å². The summed E-state index contributed by atoms with van der Waals surface area (Å²) in [6, 6.07) is 14.6. The number of carbonyl (C=O) groups is 1. The molecule has 146 valence electrons. The zero-order chi connectivity index (χ0) is 19.8. The van der Waals surface area contributed by atoms with Crippen LogP contribution in [0.5, 0.6) is 0 Å². The molecule has 0 N–H and O–H groups in total. The van der Waals surface area contributed by atoms with Crippen molar-refractivity contribution in [2.24, 2.45) is 0 Å². The first-order valence-corrected chi connectivity index (χ1v) is 10.3. The summed E-state index contributed by atoms with van der Waals surface area (Å²) in [5.41, 5.74) is 1.48. The molecule has 0 spiro atoms. The van der Waals surface area contributed by atoms with Crippen molar-refractivity contribution >= 4 is 33.1 Å². The highest BCUT2D eigenvalue weighted by Gasteiger charge is 2.28. The molecule has 0 unspecified atom stereocenters. The maximum absolute atomic E-state index is 14.1. The fourth-order valence-electron chi connectivity index (χ4n) is 3.81. The number of para-hydroxylation sites is 1. The second-order valence-corrected chi connectivity index (χ2v) is 7.96. The van der Waals surface area contributed by atoms with Crippen molar-refractivity contribution in [3.8, 4) is 5.69 Å². The summed E-state index contributed by atoms with van der Waals surface area (Å²) in [4.78, 5) is 23.2. The third-order valence-electron chi connectivity index (χ3n) is 5.26. The van der Waals surface area contributed by atoms with Gasteiger partial charge in [0.15, 0.2) is 0 Å². The van der Waals surface area contributed by atoms with E-state index in [0.29, 0.717) is 36.7 Å². The highest BCUT2D eigenvalue weighted by atomic mass is 32.1. The van der Waals surface area contributed by atoms with Crippen LogP contribution in [-0.4, -0.2) is 46.5 Å². The molecule has 1 saturated heterocycles. The predicted molar refractivity (Wildman–Crippen MR) is 113 cm³/mol. The van der Waals surface area contributed by atoms with Crippen molar-refractivity contribution in [2.45, 2.75) is 0 Å². The molecule has 3 aromatic heterocycles. The molecular formula is C22H19FN4OS. The molecule has 1 aromatic carbocycles. The first-order chi connectivity index (χ1) is 14.2. The standard InChI is InChI=1S/C22H19FN4OS/c23-17-7-1-2-8-18(17)25-12-14-27(15-13-25)22(28)20-19(26-10-3-4-11-26)16-6-5-9-24-21(16)29-20/h1-11H,12-15H2. The van der Waals surface area contributed by atoms with Gasteiger partial charge in [-0.05, 0) is 36.4 Å². The summed E-state index contributed by atoms with van der Waals surface area (Å²) < 4.78 is 16.1. The molecular weight excluding hydrogens is 387 g/mol. The lowest BCUT2D eigenvalue weighted by atomic mass is 10.2. The number of hydrogen-bond acceptors (Lipinski definition) is 4. The van der Waals surface area contributed by atoms with Crippen LogP contribution in [-0.2, 0) is 0 Å². The second kappa shape index (κ2) is 7.33. The van der Waals surface area contributed by atoms with Gasteiger partial charge in [-0.25, -0.2) is 9.37 Å². The number of hydrogen-bond donors (Lipinski definition) is 0. The first kappa shape index (κ1) is 17.9. The van der Waals surface area contributed by atoms with E-state index in [1.807, 2.05) is 57.1 Å². The normalized spacial score (nSPS) is 14.5. The van der Waals surface area contributed by atoms with Crippen LogP contribution in [0.3, 0.4) is 0 Å². The Morgan fingerprint density at radius 2 is 1.72 bits per heavy atom. The lowest BCUT2D eigenvalue weighted by Crippen LogP contribution is -2.49. The average molecular weight is 406 g/mol. The molecule has 29 heavy (non-hydrogen) atoms. The van der Waals surface area contributed by atoms with E-state index in [1.165, 1.54) is 17.4 Å². The van der Waals surface area contributed by atoms with Crippen molar-refractivity contribution in [3.05, 3.63) is 77.8 Å². The molecule has 1 fully saturated rings. The van der Waals surface area contributed by atoms with E-state index >= 15 is 0 Å². The van der Waals surface area contributed by atoms with Crippen LogP contribution in [0.1, 0.15) is 9.67 Å². The Hall–Kier alpha value is -3.19. The van der Waals surface area contributed by atoms with Gasteiger partial charge in [0.2, 0.25) is 0 Å². The van der Waals surface area contributed by atoms with Gasteiger partial charge in [-0.3, -0.25) is 4.79 Å². The Labute approximate surface area is 171 Å². The number of rotatable bonds is 3. The lowest BCUT2D eigenvalue weighted by molar-refractivity contribution is 0.0751. The van der Waals surface area contributed by atoms with Crippen molar-refractivity contribution in [2.75, 3.05) is 31.1 Å². The Morgan fingerprint density at radius 1 is 0.966 bits per heavy atom. The van der Waals surface area contributed by atoms with Gasteiger partial charge in [-0.2, -0.15) is 0 Å². The summed E-state index contributed by atoms with van der Waals surface area (Å²) in [6.07, 6.45) is 5.64. The minimum Gasteiger partial charge on any atom is -0.366 e. The Morgan fingerprint density at radius 3 is 2.48 bits per heavy atom. The minimum absolute atomic E-state index is 0.00452. The number of aromatic nitrogens is 2. The van der Waals surface area contributed by atoms with Crippen molar-refractivity contribution in [3.63, 3.8) is 0 Å². The summed E-state index contributed by atoms with van der Waals surface area (Å²) in [6.45, 7) is 2.32. The molecule has 7 heteroatoms. The fraction of sp³-hybridized carbons (Fsp3) is 0.182. The molecule has 1 aliphatic rings. The largest absolute Gasteiger partial charge is 0.366 e. The smallest absolute Gasteiger partial charge is 0.266 e. The van der Waals surface area contributed by atoms with Crippen LogP contribution in [0.4, 0.5) is 10.1 Å². The fourth-order valence-corrected chi connectivity index (χ4v) is 4.92. The maximum atomic E-state index is 14.1. The van der Waals surface area contributed by atoms with Gasteiger partial charge in [0.1, 0.15) is 15.5 Å². The number of piperazine rings is 1. The second-order valence-electron chi connectivity index (χ2n) is 6.96. The molecule has 4 heterocycles. The van der Waals surface area contributed by atoms with Gasteiger partial charge in [0.25, 0.3) is 5.91 Å². The van der Waals surface area contributed by atoms with Crippen molar-refractivity contribution < 1.29 is 9.18 Å². The van der Waals surface area contributed by atoms with Gasteiger partial charge >= 0.3 is 0 Å². The number of pyridine rings is 1. The Balaban J connectivity index is 1.43. The molecule has 5 rings (SSSR count). The molecule has 0 atom stereocenters. The monoisotopic (exact) mass is 406 g/mol.